The minimum absolute atomic E-state index is 0.0130. The lowest BCUT2D eigenvalue weighted by Crippen LogP contribution is -2.16. The summed E-state index contributed by atoms with van der Waals surface area (Å²) in [6, 6.07) is 9.25. The van der Waals surface area contributed by atoms with Gasteiger partial charge in [0, 0.05) is 11.3 Å². The van der Waals surface area contributed by atoms with Crippen LogP contribution in [0.3, 0.4) is 0 Å². The highest BCUT2D eigenvalue weighted by Crippen LogP contribution is 2.26. The van der Waals surface area contributed by atoms with E-state index < -0.39 is 17.2 Å². The highest BCUT2D eigenvalue weighted by Gasteiger charge is 2.18. The minimum Gasteiger partial charge on any atom is -0.481 e. The number of benzene rings is 1. The molecule has 92 valence electrons. The van der Waals surface area contributed by atoms with Crippen LogP contribution in [0.1, 0.15) is 19.3 Å². The van der Waals surface area contributed by atoms with Crippen molar-refractivity contribution in [2.75, 3.05) is 0 Å². The molecule has 2 N–H and O–H groups in total. The topological polar surface area (TPSA) is 74.6 Å². The molecular formula is C12H14O4S. The predicted octanol–water partition coefficient (Wildman–Crippen LogP) is 2.49. The molecule has 1 aromatic rings. The number of rotatable bonds is 7. The lowest BCUT2D eigenvalue weighted by molar-refractivity contribution is -0.139. The first kappa shape index (κ1) is 13.6. The van der Waals surface area contributed by atoms with Crippen LogP contribution in [0.5, 0.6) is 0 Å². The fraction of sp³-hybridized carbons (Fsp3) is 0.333. The summed E-state index contributed by atoms with van der Waals surface area (Å²) in [5.41, 5.74) is 0. The SMILES string of the molecule is O=C(O)CCCC(Sc1ccccc1)C(=O)O. The van der Waals surface area contributed by atoms with E-state index in [1.807, 2.05) is 30.3 Å². The molecular weight excluding hydrogens is 240 g/mol. The van der Waals surface area contributed by atoms with E-state index in [0.29, 0.717) is 12.8 Å². The fourth-order valence-corrected chi connectivity index (χ4v) is 2.36. The molecule has 5 heteroatoms. The molecule has 0 aliphatic carbocycles. The van der Waals surface area contributed by atoms with Gasteiger partial charge >= 0.3 is 11.9 Å². The molecule has 0 heterocycles. The molecule has 17 heavy (non-hydrogen) atoms. The number of carboxylic acids is 2. The van der Waals surface area contributed by atoms with Crippen molar-refractivity contribution in [1.29, 1.82) is 0 Å². The van der Waals surface area contributed by atoms with Crippen molar-refractivity contribution < 1.29 is 19.8 Å². The van der Waals surface area contributed by atoms with E-state index in [1.54, 1.807) is 0 Å². The van der Waals surface area contributed by atoms with Crippen molar-refractivity contribution in [3.05, 3.63) is 30.3 Å². The normalized spacial score (nSPS) is 12.0. The second-order valence-electron chi connectivity index (χ2n) is 3.54. The summed E-state index contributed by atoms with van der Waals surface area (Å²) in [5, 5.41) is 16.9. The van der Waals surface area contributed by atoms with Crippen LogP contribution in [-0.4, -0.2) is 27.4 Å². The van der Waals surface area contributed by atoms with Crippen LogP contribution in [0, 0.1) is 0 Å². The molecule has 1 unspecified atom stereocenters. The van der Waals surface area contributed by atoms with E-state index in [1.165, 1.54) is 11.8 Å². The van der Waals surface area contributed by atoms with Gasteiger partial charge in [0.1, 0.15) is 5.25 Å². The molecule has 0 aliphatic heterocycles. The zero-order chi connectivity index (χ0) is 12.7. The van der Waals surface area contributed by atoms with Crippen molar-refractivity contribution in [2.45, 2.75) is 29.4 Å². The van der Waals surface area contributed by atoms with Crippen molar-refractivity contribution in [2.24, 2.45) is 0 Å². The summed E-state index contributed by atoms with van der Waals surface area (Å²) >= 11 is 1.26. The first-order valence-corrected chi connectivity index (χ1v) is 6.14. The van der Waals surface area contributed by atoms with Crippen LogP contribution < -0.4 is 0 Å². The summed E-state index contributed by atoms with van der Waals surface area (Å²) in [5.74, 6) is -1.79. The molecule has 0 bridgehead atoms. The van der Waals surface area contributed by atoms with Crippen LogP contribution in [0.2, 0.25) is 0 Å². The third-order valence-electron chi connectivity index (χ3n) is 2.15. The van der Waals surface area contributed by atoms with E-state index in [9.17, 15) is 9.59 Å². The van der Waals surface area contributed by atoms with Crippen LogP contribution >= 0.6 is 11.8 Å². The molecule has 0 saturated carbocycles. The van der Waals surface area contributed by atoms with Gasteiger partial charge in [0.05, 0.1) is 0 Å². The smallest absolute Gasteiger partial charge is 0.316 e. The van der Waals surface area contributed by atoms with Crippen molar-refractivity contribution in [3.8, 4) is 0 Å². The van der Waals surface area contributed by atoms with Crippen LogP contribution in [0.4, 0.5) is 0 Å². The maximum atomic E-state index is 11.0. The zero-order valence-corrected chi connectivity index (χ0v) is 10.0. The van der Waals surface area contributed by atoms with Gasteiger partial charge in [0.2, 0.25) is 0 Å². The first-order chi connectivity index (χ1) is 8.09. The molecule has 0 aromatic heterocycles. The number of thioether (sulfide) groups is 1. The quantitative estimate of drug-likeness (QED) is 0.731. The molecule has 0 amide bonds. The van der Waals surface area contributed by atoms with E-state index in [2.05, 4.69) is 0 Å². The second kappa shape index (κ2) is 6.96. The fourth-order valence-electron chi connectivity index (χ4n) is 1.33. The highest BCUT2D eigenvalue weighted by molar-refractivity contribution is 8.00. The lowest BCUT2D eigenvalue weighted by Gasteiger charge is -2.11. The number of hydrogen-bond donors (Lipinski definition) is 2. The Morgan fingerprint density at radius 1 is 1.18 bits per heavy atom. The average molecular weight is 254 g/mol. The summed E-state index contributed by atoms with van der Waals surface area (Å²) in [6.45, 7) is 0. The third-order valence-corrected chi connectivity index (χ3v) is 3.42. The van der Waals surface area contributed by atoms with Crippen LogP contribution in [-0.2, 0) is 9.59 Å². The Kier molecular flexibility index (Phi) is 5.56. The zero-order valence-electron chi connectivity index (χ0n) is 9.20. The van der Waals surface area contributed by atoms with Crippen LogP contribution in [0.25, 0.3) is 0 Å². The average Bonchev–Trinajstić information content (AvgIpc) is 2.28. The van der Waals surface area contributed by atoms with E-state index >= 15 is 0 Å². The van der Waals surface area contributed by atoms with Crippen LogP contribution in [0.15, 0.2) is 35.2 Å². The number of hydrogen-bond acceptors (Lipinski definition) is 3. The van der Waals surface area contributed by atoms with Crippen molar-refractivity contribution >= 4 is 23.7 Å². The molecule has 4 nitrogen and oxygen atoms in total. The summed E-state index contributed by atoms with van der Waals surface area (Å²) in [7, 11) is 0. The van der Waals surface area contributed by atoms with Gasteiger partial charge in [-0.2, -0.15) is 0 Å². The van der Waals surface area contributed by atoms with E-state index in [4.69, 9.17) is 10.2 Å². The Labute approximate surface area is 104 Å². The third kappa shape index (κ3) is 5.40. The monoisotopic (exact) mass is 254 g/mol. The Bertz CT molecular complexity index is 377. The summed E-state index contributed by atoms with van der Waals surface area (Å²) in [6.07, 6.45) is 0.756. The Balaban J connectivity index is 2.49. The molecule has 0 radical (unpaired) electrons. The van der Waals surface area contributed by atoms with Gasteiger partial charge in [0.25, 0.3) is 0 Å². The Hall–Kier alpha value is -1.49. The molecule has 1 aromatic carbocycles. The van der Waals surface area contributed by atoms with Crippen molar-refractivity contribution in [3.63, 3.8) is 0 Å². The first-order valence-electron chi connectivity index (χ1n) is 5.26. The molecule has 0 saturated heterocycles. The minimum atomic E-state index is -0.899. The Morgan fingerprint density at radius 3 is 2.35 bits per heavy atom. The summed E-state index contributed by atoms with van der Waals surface area (Å²) in [4.78, 5) is 22.3. The van der Waals surface area contributed by atoms with E-state index in [0.717, 1.165) is 4.90 Å². The lowest BCUT2D eigenvalue weighted by atomic mass is 10.2. The number of carbonyl (C=O) groups is 2. The molecule has 1 rings (SSSR count). The second-order valence-corrected chi connectivity index (χ2v) is 4.82. The predicted molar refractivity (Wildman–Crippen MR) is 65.2 cm³/mol. The molecule has 1 atom stereocenters. The molecule has 0 spiro atoms. The van der Waals surface area contributed by atoms with Gasteiger partial charge in [0.15, 0.2) is 0 Å². The van der Waals surface area contributed by atoms with E-state index in [-0.39, 0.29) is 6.42 Å². The maximum Gasteiger partial charge on any atom is 0.316 e. The maximum absolute atomic E-state index is 11.0. The molecule has 0 aliphatic rings. The number of carboxylic acid groups (broad SMARTS) is 2. The number of aliphatic carboxylic acids is 2. The van der Waals surface area contributed by atoms with Gasteiger partial charge in [-0.05, 0) is 25.0 Å². The highest BCUT2D eigenvalue weighted by atomic mass is 32.2. The molecule has 0 fully saturated rings. The largest absolute Gasteiger partial charge is 0.481 e. The van der Waals surface area contributed by atoms with Gasteiger partial charge in [-0.15, -0.1) is 11.8 Å². The van der Waals surface area contributed by atoms with Gasteiger partial charge in [-0.1, -0.05) is 18.2 Å². The van der Waals surface area contributed by atoms with Gasteiger partial charge in [-0.25, -0.2) is 0 Å². The standard InChI is InChI=1S/C12H14O4S/c13-11(14)8-4-7-10(12(15)16)17-9-5-2-1-3-6-9/h1-3,5-6,10H,4,7-8H2,(H,13,14)(H,15,16). The Morgan fingerprint density at radius 2 is 1.82 bits per heavy atom. The van der Waals surface area contributed by atoms with Crippen molar-refractivity contribution in [1.82, 2.24) is 0 Å². The summed E-state index contributed by atoms with van der Waals surface area (Å²) < 4.78 is 0. The van der Waals surface area contributed by atoms with Gasteiger partial charge < -0.3 is 10.2 Å². The van der Waals surface area contributed by atoms with Gasteiger partial charge in [-0.3, -0.25) is 9.59 Å².